The van der Waals surface area contributed by atoms with E-state index in [4.69, 9.17) is 16.7 Å². The standard InChI is InChI=1S/C17H14ClNO2/c1-12-15(8-3-9-16(12)18)17(21)19-14-7-2-5-13(11-14)6-4-10-20/h2-3,5,7-9,11,20H,10H2,1H3,(H,19,21). The molecule has 0 radical (unpaired) electrons. The van der Waals surface area contributed by atoms with Gasteiger partial charge in [0.2, 0.25) is 0 Å². The van der Waals surface area contributed by atoms with Crippen molar-refractivity contribution in [3.63, 3.8) is 0 Å². The van der Waals surface area contributed by atoms with Crippen molar-refractivity contribution in [1.82, 2.24) is 0 Å². The van der Waals surface area contributed by atoms with E-state index >= 15 is 0 Å². The van der Waals surface area contributed by atoms with Crippen LogP contribution >= 0.6 is 11.6 Å². The van der Waals surface area contributed by atoms with Gasteiger partial charge in [0.05, 0.1) is 0 Å². The van der Waals surface area contributed by atoms with Gasteiger partial charge in [0.1, 0.15) is 6.61 Å². The summed E-state index contributed by atoms with van der Waals surface area (Å²) in [5.74, 6) is 5.14. The Morgan fingerprint density at radius 1 is 1.29 bits per heavy atom. The van der Waals surface area contributed by atoms with E-state index in [-0.39, 0.29) is 12.5 Å². The van der Waals surface area contributed by atoms with Gasteiger partial charge in [-0.05, 0) is 42.8 Å². The summed E-state index contributed by atoms with van der Waals surface area (Å²) in [5.41, 5.74) is 2.65. The van der Waals surface area contributed by atoms with Crippen LogP contribution in [-0.4, -0.2) is 17.6 Å². The van der Waals surface area contributed by atoms with E-state index in [1.807, 2.05) is 6.07 Å². The molecular weight excluding hydrogens is 286 g/mol. The van der Waals surface area contributed by atoms with Crippen LogP contribution in [0.3, 0.4) is 0 Å². The lowest BCUT2D eigenvalue weighted by atomic mass is 10.1. The van der Waals surface area contributed by atoms with Gasteiger partial charge in [0, 0.05) is 21.8 Å². The lowest BCUT2D eigenvalue weighted by Crippen LogP contribution is -2.13. The van der Waals surface area contributed by atoms with Gasteiger partial charge in [-0.15, -0.1) is 0 Å². The number of halogens is 1. The van der Waals surface area contributed by atoms with Crippen molar-refractivity contribution >= 4 is 23.2 Å². The molecule has 3 nitrogen and oxygen atoms in total. The van der Waals surface area contributed by atoms with E-state index in [0.717, 1.165) is 11.1 Å². The monoisotopic (exact) mass is 299 g/mol. The van der Waals surface area contributed by atoms with Crippen molar-refractivity contribution in [1.29, 1.82) is 0 Å². The third-order valence-corrected chi connectivity index (χ3v) is 3.35. The Morgan fingerprint density at radius 3 is 2.81 bits per heavy atom. The lowest BCUT2D eigenvalue weighted by Gasteiger charge is -2.09. The lowest BCUT2D eigenvalue weighted by molar-refractivity contribution is 0.102. The molecule has 0 aromatic heterocycles. The summed E-state index contributed by atoms with van der Waals surface area (Å²) >= 11 is 6.02. The molecule has 0 bridgehead atoms. The minimum Gasteiger partial charge on any atom is -0.384 e. The van der Waals surface area contributed by atoms with E-state index in [2.05, 4.69) is 17.2 Å². The first-order valence-electron chi connectivity index (χ1n) is 6.38. The number of aliphatic hydroxyl groups is 1. The summed E-state index contributed by atoms with van der Waals surface area (Å²) < 4.78 is 0. The molecule has 2 N–H and O–H groups in total. The van der Waals surface area contributed by atoms with Crippen molar-refractivity contribution in [2.75, 3.05) is 11.9 Å². The molecule has 0 aliphatic heterocycles. The highest BCUT2D eigenvalue weighted by atomic mass is 35.5. The first-order valence-corrected chi connectivity index (χ1v) is 6.76. The molecule has 0 fully saturated rings. The highest BCUT2D eigenvalue weighted by molar-refractivity contribution is 6.32. The van der Waals surface area contributed by atoms with Crippen molar-refractivity contribution in [2.45, 2.75) is 6.92 Å². The zero-order valence-corrected chi connectivity index (χ0v) is 12.2. The third kappa shape index (κ3) is 3.85. The summed E-state index contributed by atoms with van der Waals surface area (Å²) in [4.78, 5) is 12.3. The quantitative estimate of drug-likeness (QED) is 0.836. The van der Waals surface area contributed by atoms with Gasteiger partial charge in [-0.2, -0.15) is 0 Å². The average Bonchev–Trinajstić information content (AvgIpc) is 2.48. The molecule has 0 aliphatic rings. The number of carbonyl (C=O) groups is 1. The van der Waals surface area contributed by atoms with Crippen LogP contribution < -0.4 is 5.32 Å². The Bertz CT molecular complexity index is 729. The summed E-state index contributed by atoms with van der Waals surface area (Å²) in [7, 11) is 0. The molecular formula is C17H14ClNO2. The number of rotatable bonds is 2. The van der Waals surface area contributed by atoms with Gasteiger partial charge >= 0.3 is 0 Å². The van der Waals surface area contributed by atoms with E-state index in [1.54, 1.807) is 43.3 Å². The Labute approximate surface area is 128 Å². The number of hydrogen-bond acceptors (Lipinski definition) is 2. The van der Waals surface area contributed by atoms with E-state index in [1.165, 1.54) is 0 Å². The van der Waals surface area contributed by atoms with Crippen LogP contribution in [0.1, 0.15) is 21.5 Å². The molecule has 1 amide bonds. The maximum Gasteiger partial charge on any atom is 0.255 e. The Hall–Kier alpha value is -2.28. The van der Waals surface area contributed by atoms with Crippen molar-refractivity contribution in [2.24, 2.45) is 0 Å². The first-order chi connectivity index (χ1) is 10.1. The number of nitrogens with one attached hydrogen (secondary N) is 1. The van der Waals surface area contributed by atoms with Gasteiger partial charge in [0.15, 0.2) is 0 Å². The molecule has 2 aromatic carbocycles. The maximum atomic E-state index is 12.3. The van der Waals surface area contributed by atoms with E-state index in [9.17, 15) is 4.79 Å². The zero-order chi connectivity index (χ0) is 15.2. The van der Waals surface area contributed by atoms with Crippen LogP contribution in [0.2, 0.25) is 5.02 Å². The molecule has 0 unspecified atom stereocenters. The van der Waals surface area contributed by atoms with Gasteiger partial charge < -0.3 is 10.4 Å². The fourth-order valence-electron chi connectivity index (χ4n) is 1.87. The van der Waals surface area contributed by atoms with Gasteiger partial charge in [-0.1, -0.05) is 35.6 Å². The van der Waals surface area contributed by atoms with Crippen LogP contribution in [0.4, 0.5) is 5.69 Å². The smallest absolute Gasteiger partial charge is 0.255 e. The molecule has 106 valence electrons. The van der Waals surface area contributed by atoms with Crippen molar-refractivity contribution < 1.29 is 9.90 Å². The van der Waals surface area contributed by atoms with Gasteiger partial charge in [0.25, 0.3) is 5.91 Å². The summed E-state index contributed by atoms with van der Waals surface area (Å²) in [6.07, 6.45) is 0. The van der Waals surface area contributed by atoms with Crippen molar-refractivity contribution in [3.8, 4) is 11.8 Å². The second-order valence-corrected chi connectivity index (χ2v) is 4.81. The SMILES string of the molecule is Cc1c(Cl)cccc1C(=O)Nc1cccc(C#CCO)c1. The third-order valence-electron chi connectivity index (χ3n) is 2.94. The second-order valence-electron chi connectivity index (χ2n) is 4.41. The molecule has 2 rings (SSSR count). The van der Waals surface area contributed by atoms with Gasteiger partial charge in [-0.3, -0.25) is 4.79 Å². The minimum absolute atomic E-state index is 0.196. The largest absolute Gasteiger partial charge is 0.384 e. The number of carbonyl (C=O) groups excluding carboxylic acids is 1. The molecule has 4 heteroatoms. The topological polar surface area (TPSA) is 49.3 Å². The Balaban J connectivity index is 2.22. The number of hydrogen-bond donors (Lipinski definition) is 2. The van der Waals surface area contributed by atoms with Crippen LogP contribution in [0.5, 0.6) is 0 Å². The van der Waals surface area contributed by atoms with Crippen LogP contribution in [0.25, 0.3) is 0 Å². The van der Waals surface area contributed by atoms with Gasteiger partial charge in [-0.25, -0.2) is 0 Å². The van der Waals surface area contributed by atoms with Crippen LogP contribution in [0, 0.1) is 18.8 Å². The average molecular weight is 300 g/mol. The summed E-state index contributed by atoms with van der Waals surface area (Å²) in [6, 6.07) is 12.4. The number of anilines is 1. The molecule has 0 saturated carbocycles. The second kappa shape index (κ2) is 6.94. The fraction of sp³-hybridized carbons (Fsp3) is 0.118. The Morgan fingerprint density at radius 2 is 2.05 bits per heavy atom. The van der Waals surface area contributed by atoms with E-state index in [0.29, 0.717) is 16.3 Å². The minimum atomic E-state index is -0.220. The molecule has 0 heterocycles. The predicted molar refractivity (Wildman–Crippen MR) is 84.5 cm³/mol. The first kappa shape index (κ1) is 15.1. The molecule has 0 spiro atoms. The molecule has 0 atom stereocenters. The molecule has 0 aliphatic carbocycles. The fourth-order valence-corrected chi connectivity index (χ4v) is 2.04. The number of amides is 1. The molecule has 2 aromatic rings. The highest BCUT2D eigenvalue weighted by Crippen LogP contribution is 2.20. The van der Waals surface area contributed by atoms with Crippen LogP contribution in [-0.2, 0) is 0 Å². The van der Waals surface area contributed by atoms with Crippen molar-refractivity contribution in [3.05, 3.63) is 64.2 Å². The molecule has 21 heavy (non-hydrogen) atoms. The predicted octanol–water partition coefficient (Wildman–Crippen LogP) is 3.24. The maximum absolute atomic E-state index is 12.3. The summed E-state index contributed by atoms with van der Waals surface area (Å²) in [6.45, 7) is 1.61. The summed E-state index contributed by atoms with van der Waals surface area (Å²) in [5, 5.41) is 12.1. The number of benzene rings is 2. The Kier molecular flexibility index (Phi) is 4.99. The number of aliphatic hydroxyl groups excluding tert-OH is 1. The van der Waals surface area contributed by atoms with Crippen LogP contribution in [0.15, 0.2) is 42.5 Å². The normalized spacial score (nSPS) is 9.67. The highest BCUT2D eigenvalue weighted by Gasteiger charge is 2.11. The van der Waals surface area contributed by atoms with E-state index < -0.39 is 0 Å². The molecule has 0 saturated heterocycles. The zero-order valence-electron chi connectivity index (χ0n) is 11.5.